The Balaban J connectivity index is 1.94. The summed E-state index contributed by atoms with van der Waals surface area (Å²) in [6.45, 7) is 1.54. The Morgan fingerprint density at radius 3 is 2.44 bits per heavy atom. The minimum atomic E-state index is -4.66. The Hall–Kier alpha value is -3.10. The molecule has 4 nitrogen and oxygen atoms in total. The number of aryl methyl sites for hydroxylation is 1. The van der Waals surface area contributed by atoms with E-state index >= 15 is 0 Å². The lowest BCUT2D eigenvalue weighted by Crippen LogP contribution is -2.33. The molecule has 9 heteroatoms. The molecule has 1 N–H and O–H groups in total. The summed E-state index contributed by atoms with van der Waals surface area (Å²) < 4.78 is 68.8. The second kappa shape index (κ2) is 6.57. The lowest BCUT2D eigenvalue weighted by Gasteiger charge is -2.16. The van der Waals surface area contributed by atoms with Crippen LogP contribution in [-0.2, 0) is 0 Å². The highest BCUT2D eigenvalue weighted by Crippen LogP contribution is 2.29. The number of aromatic nitrogens is 1. The maximum atomic E-state index is 13.6. The van der Waals surface area contributed by atoms with E-state index in [1.54, 1.807) is 0 Å². The first-order chi connectivity index (χ1) is 12.6. The van der Waals surface area contributed by atoms with E-state index in [2.05, 4.69) is 10.8 Å². The molecule has 0 unspecified atom stereocenters. The molecule has 0 amide bonds. The molecule has 0 saturated carbocycles. The molecule has 3 aromatic rings. The number of hydrogen-bond donors (Lipinski definition) is 1. The third kappa shape index (κ3) is 3.44. The van der Waals surface area contributed by atoms with E-state index in [1.165, 1.54) is 6.92 Å². The summed E-state index contributed by atoms with van der Waals surface area (Å²) in [5, 5.41) is 9.72. The van der Waals surface area contributed by atoms with E-state index in [0.29, 0.717) is 11.1 Å². The Kier molecular flexibility index (Phi) is 4.54. The van der Waals surface area contributed by atoms with Gasteiger partial charge < -0.3 is 9.84 Å². The van der Waals surface area contributed by atoms with Crippen LogP contribution in [0.2, 0.25) is 0 Å². The standard InChI is InChI=1S/C18H11F5NO3/c1-9-6-11-7-15(25)13(19)8-14(11)24(9)16(26)10-2-4-12(5-3-10)27-18(22,23)17(20)21/h2-5,7-8,17,25H,1H3. The average Bonchev–Trinajstić information content (AvgIpc) is 2.89. The molecule has 27 heavy (non-hydrogen) atoms. The van der Waals surface area contributed by atoms with Gasteiger partial charge in [-0.1, -0.05) is 0 Å². The fourth-order valence-electron chi connectivity index (χ4n) is 2.53. The number of halogens is 5. The van der Waals surface area contributed by atoms with Crippen LogP contribution < -0.4 is 4.74 Å². The maximum absolute atomic E-state index is 13.6. The number of carbonyl (C=O) groups excluding carboxylic acids is 1. The molecular weight excluding hydrogens is 373 g/mol. The van der Waals surface area contributed by atoms with Gasteiger partial charge in [0.2, 0.25) is 0 Å². The summed E-state index contributed by atoms with van der Waals surface area (Å²) >= 11 is 0. The molecule has 0 bridgehead atoms. The molecule has 0 fully saturated rings. The summed E-state index contributed by atoms with van der Waals surface area (Å²) in [6.07, 6.45) is -8.66. The molecule has 0 aliphatic carbocycles. The largest absolute Gasteiger partial charge is 0.505 e. The van der Waals surface area contributed by atoms with Crippen LogP contribution in [-0.4, -0.2) is 28.1 Å². The van der Waals surface area contributed by atoms with E-state index in [9.17, 15) is 31.9 Å². The van der Waals surface area contributed by atoms with E-state index in [-0.39, 0.29) is 11.1 Å². The van der Waals surface area contributed by atoms with Gasteiger partial charge in [0.15, 0.2) is 11.6 Å². The zero-order valence-electron chi connectivity index (χ0n) is 13.6. The first-order valence-electron chi connectivity index (χ1n) is 7.52. The van der Waals surface area contributed by atoms with Gasteiger partial charge in [-0.25, -0.2) is 4.39 Å². The number of carbonyl (C=O) groups is 1. The number of nitrogens with zero attached hydrogens (tertiary/aromatic N) is 1. The monoisotopic (exact) mass is 384 g/mol. The number of rotatable bonds is 4. The first kappa shape index (κ1) is 18.7. The Labute approximate surface area is 149 Å². The van der Waals surface area contributed by atoms with Gasteiger partial charge in [0.25, 0.3) is 5.91 Å². The molecular formula is C18H11F5NO3. The van der Waals surface area contributed by atoms with Crippen LogP contribution in [0.1, 0.15) is 16.1 Å². The number of alkyl halides is 4. The van der Waals surface area contributed by atoms with Crippen molar-refractivity contribution in [3.63, 3.8) is 0 Å². The maximum Gasteiger partial charge on any atom is 0.461 e. The predicted octanol–water partition coefficient (Wildman–Crippen LogP) is 4.52. The number of fused-ring (bicyclic) bond motifs is 1. The van der Waals surface area contributed by atoms with Gasteiger partial charge >= 0.3 is 12.5 Å². The number of phenols is 1. The van der Waals surface area contributed by atoms with Gasteiger partial charge in [0.05, 0.1) is 5.52 Å². The first-order valence-corrected chi connectivity index (χ1v) is 7.52. The van der Waals surface area contributed by atoms with E-state index in [1.807, 2.05) is 0 Å². The number of benzene rings is 2. The number of hydrogen-bond acceptors (Lipinski definition) is 3. The Morgan fingerprint density at radius 1 is 1.22 bits per heavy atom. The van der Waals surface area contributed by atoms with E-state index in [4.69, 9.17) is 0 Å². The lowest BCUT2D eigenvalue weighted by molar-refractivity contribution is -0.253. The molecule has 0 spiro atoms. The average molecular weight is 384 g/mol. The number of phenolic OH excluding ortho intramolecular Hbond substituents is 1. The predicted molar refractivity (Wildman–Crippen MR) is 84.9 cm³/mol. The molecule has 1 heterocycles. The van der Waals surface area contributed by atoms with Crippen molar-refractivity contribution in [2.45, 2.75) is 19.5 Å². The Morgan fingerprint density at radius 2 is 1.85 bits per heavy atom. The highest BCUT2D eigenvalue weighted by Gasteiger charge is 2.43. The van der Waals surface area contributed by atoms with Crippen molar-refractivity contribution in [3.8, 4) is 11.5 Å². The summed E-state index contributed by atoms with van der Waals surface area (Å²) in [7, 11) is 0. The third-order valence-electron chi connectivity index (χ3n) is 3.77. The van der Waals surface area contributed by atoms with Gasteiger partial charge in [-0.2, -0.15) is 17.6 Å². The molecule has 0 saturated heterocycles. The molecule has 3 rings (SSSR count). The van der Waals surface area contributed by atoms with Crippen LogP contribution in [0.3, 0.4) is 0 Å². The molecule has 0 atom stereocenters. The second-order valence-electron chi connectivity index (χ2n) is 5.66. The van der Waals surface area contributed by atoms with Crippen molar-refractivity contribution in [2.24, 2.45) is 0 Å². The molecule has 1 radical (unpaired) electrons. The van der Waals surface area contributed by atoms with Crippen molar-refractivity contribution < 1.29 is 36.6 Å². The molecule has 141 valence electrons. The van der Waals surface area contributed by atoms with Crippen molar-refractivity contribution in [1.82, 2.24) is 4.57 Å². The molecule has 1 aromatic heterocycles. The van der Waals surface area contributed by atoms with Gasteiger partial charge in [0.1, 0.15) is 5.75 Å². The van der Waals surface area contributed by atoms with E-state index < -0.39 is 35.8 Å². The van der Waals surface area contributed by atoms with Crippen molar-refractivity contribution >= 4 is 16.8 Å². The Bertz CT molecular complexity index is 1010. The smallest absolute Gasteiger partial charge is 0.461 e. The van der Waals surface area contributed by atoms with Crippen LogP contribution in [0, 0.1) is 18.8 Å². The number of ether oxygens (including phenoxy) is 1. The zero-order chi connectivity index (χ0) is 19.9. The van der Waals surface area contributed by atoms with Gasteiger partial charge in [-0.05, 0) is 37.3 Å². The summed E-state index contributed by atoms with van der Waals surface area (Å²) in [5.74, 6) is -2.70. The third-order valence-corrected chi connectivity index (χ3v) is 3.77. The van der Waals surface area contributed by atoms with Gasteiger partial charge in [-0.3, -0.25) is 9.36 Å². The zero-order valence-corrected chi connectivity index (χ0v) is 13.6. The van der Waals surface area contributed by atoms with Crippen molar-refractivity contribution in [2.75, 3.05) is 0 Å². The summed E-state index contributed by atoms with van der Waals surface area (Å²) in [4.78, 5) is 12.7. The molecule has 2 aromatic carbocycles. The van der Waals surface area contributed by atoms with Crippen molar-refractivity contribution in [3.05, 3.63) is 59.5 Å². The van der Waals surface area contributed by atoms with Crippen LogP contribution in [0.5, 0.6) is 11.5 Å². The normalized spacial score (nSPS) is 12.0. The van der Waals surface area contributed by atoms with Crippen molar-refractivity contribution in [1.29, 1.82) is 0 Å². The molecule has 0 aliphatic heterocycles. The van der Waals surface area contributed by atoms with E-state index in [0.717, 1.165) is 41.0 Å². The van der Waals surface area contributed by atoms with Crippen LogP contribution in [0.4, 0.5) is 22.0 Å². The second-order valence-corrected chi connectivity index (χ2v) is 5.66. The summed E-state index contributed by atoms with van der Waals surface area (Å²) in [6, 6.07) is 9.00. The minimum Gasteiger partial charge on any atom is -0.505 e. The minimum absolute atomic E-state index is 0.0187. The fraction of sp³-hybridized carbons (Fsp3) is 0.167. The topological polar surface area (TPSA) is 51.5 Å². The highest BCUT2D eigenvalue weighted by atomic mass is 19.3. The van der Waals surface area contributed by atoms with Crippen LogP contribution in [0.25, 0.3) is 10.9 Å². The number of aromatic hydroxyl groups is 1. The van der Waals surface area contributed by atoms with Gasteiger partial charge in [-0.15, -0.1) is 0 Å². The summed E-state index contributed by atoms with van der Waals surface area (Å²) in [5.41, 5.74) is 0.493. The highest BCUT2D eigenvalue weighted by molar-refractivity contribution is 6.03. The molecule has 0 aliphatic rings. The van der Waals surface area contributed by atoms with Crippen LogP contribution >= 0.6 is 0 Å². The van der Waals surface area contributed by atoms with Gasteiger partial charge in [0, 0.05) is 28.8 Å². The lowest BCUT2D eigenvalue weighted by atomic mass is 10.2. The SMILES string of the molecule is Cc1[c]c2cc(O)c(F)cc2n1C(=O)c1ccc(OC(F)(F)C(F)F)cc1. The quantitative estimate of drug-likeness (QED) is 0.673. The fourth-order valence-corrected chi connectivity index (χ4v) is 2.53. The van der Waals surface area contributed by atoms with Crippen LogP contribution in [0.15, 0.2) is 36.4 Å².